The van der Waals surface area contributed by atoms with Gasteiger partial charge < -0.3 is 10.4 Å². The molecule has 0 aliphatic rings. The van der Waals surface area contributed by atoms with Crippen LogP contribution < -0.4 is 5.32 Å². The third-order valence-corrected chi connectivity index (χ3v) is 23.1. The molecule has 18 aromatic rings. The van der Waals surface area contributed by atoms with Crippen LogP contribution in [0.5, 0.6) is 5.75 Å². The smallest absolute Gasteiger partial charge is 0.270 e. The number of aryl methyl sites for hydroxylation is 2. The number of phenolic OH excluding ortho intramolecular Hbond substituents is 1. The van der Waals surface area contributed by atoms with Crippen molar-refractivity contribution in [3.63, 3.8) is 0 Å². The molecule has 0 unspecified atom stereocenters. The van der Waals surface area contributed by atoms with Crippen molar-refractivity contribution in [2.45, 2.75) is 52.9 Å². The van der Waals surface area contributed by atoms with Crippen molar-refractivity contribution in [3.05, 3.63) is 581 Å². The van der Waals surface area contributed by atoms with E-state index in [2.05, 4.69) is 35.6 Å². The number of non-ortho nitro benzene ring substituents is 2. The third kappa shape index (κ3) is 30.3. The van der Waals surface area contributed by atoms with Crippen molar-refractivity contribution in [2.24, 2.45) is 0 Å². The number of halogens is 1. The number of Topliss-reactive ketones (excluding diaryl/α,β-unsaturated/α-hetero) is 6. The minimum Gasteiger partial charge on any atom is -0.508 e. The Morgan fingerprint density at radius 1 is 0.262 bits per heavy atom. The molecule has 1 amide bonds. The van der Waals surface area contributed by atoms with Crippen LogP contribution in [-0.2, 0) is 32.1 Å². The summed E-state index contributed by atoms with van der Waals surface area (Å²) in [6, 6.07) is 144. The Kier molecular flexibility index (Phi) is 36.0. The average molecular weight is 1870 g/mol. The highest BCUT2D eigenvalue weighted by molar-refractivity contribution is 6.30. The van der Waals surface area contributed by atoms with E-state index in [1.807, 2.05) is 335 Å². The normalized spacial score (nSPS) is 10.4. The van der Waals surface area contributed by atoms with Gasteiger partial charge in [0.25, 0.3) is 17.3 Å². The summed E-state index contributed by atoms with van der Waals surface area (Å²) in [7, 11) is 0. The van der Waals surface area contributed by atoms with Crippen LogP contribution in [0.4, 0.5) is 17.1 Å². The second-order valence-corrected chi connectivity index (χ2v) is 33.6. The Balaban J connectivity index is 0.000000143. The molecular weight excluding hydrogens is 1770 g/mol. The molecule has 0 radical (unpaired) electrons. The molecule has 0 bridgehead atoms. The molecule has 0 atom stereocenters. The van der Waals surface area contributed by atoms with Crippen molar-refractivity contribution in [1.29, 1.82) is 0 Å². The van der Waals surface area contributed by atoms with Crippen LogP contribution in [0.3, 0.4) is 0 Å². The number of nitro groups is 2. The van der Waals surface area contributed by atoms with Gasteiger partial charge in [0.05, 0.1) is 9.85 Å². The lowest BCUT2D eigenvalue weighted by Crippen LogP contribution is -2.12. The number of anilines is 1. The van der Waals surface area contributed by atoms with Gasteiger partial charge in [0.15, 0.2) is 40.5 Å². The zero-order chi connectivity index (χ0) is 99.4. The molecule has 0 saturated heterocycles. The van der Waals surface area contributed by atoms with E-state index in [0.717, 1.165) is 83.5 Å². The van der Waals surface area contributed by atoms with Crippen molar-refractivity contribution in [2.75, 3.05) is 5.32 Å². The van der Waals surface area contributed by atoms with Gasteiger partial charge in [-0.2, -0.15) is 0 Å². The van der Waals surface area contributed by atoms with Crippen LogP contribution in [0.2, 0.25) is 5.02 Å². The van der Waals surface area contributed by atoms with E-state index >= 15 is 0 Å². The number of aromatic hydroxyl groups is 1. The number of carbonyl (C=O) groups excluding carboxylic acids is 8. The minimum atomic E-state index is -0.554. The molecule has 0 aliphatic carbocycles. The van der Waals surface area contributed by atoms with Gasteiger partial charge in [0.1, 0.15) is 5.75 Å². The summed E-state index contributed by atoms with van der Waals surface area (Å²) in [6.45, 7) is 5.28. The van der Waals surface area contributed by atoms with E-state index in [-0.39, 0.29) is 76.0 Å². The number of phenols is 1. The second kappa shape index (κ2) is 50.5. The van der Waals surface area contributed by atoms with Crippen LogP contribution >= 0.6 is 11.6 Å². The van der Waals surface area contributed by atoms with E-state index in [9.17, 15) is 63.7 Å². The quantitative estimate of drug-likeness (QED) is 0.0210. The first-order chi connectivity index (χ1) is 68.4. The molecule has 0 fully saturated rings. The highest BCUT2D eigenvalue weighted by Crippen LogP contribution is 2.30. The number of nitrogens with one attached hydrogen (secondary N) is 1. The molecule has 141 heavy (non-hydrogen) atoms. The Hall–Kier alpha value is -18.0. The summed E-state index contributed by atoms with van der Waals surface area (Å²) < 4.78 is 0. The van der Waals surface area contributed by atoms with Crippen LogP contribution in [0.15, 0.2) is 467 Å². The summed E-state index contributed by atoms with van der Waals surface area (Å²) in [6.07, 6.45) is 1.52. The summed E-state index contributed by atoms with van der Waals surface area (Å²) >= 11 is 5.95. The molecular formula is C124H98ClN3O13. The number of nitro benzene ring substituents is 2. The summed E-state index contributed by atoms with van der Waals surface area (Å²) in [5, 5.41) is 34.1. The van der Waals surface area contributed by atoms with E-state index in [1.54, 1.807) is 73.7 Å². The van der Waals surface area contributed by atoms with Crippen LogP contribution in [-0.4, -0.2) is 61.3 Å². The van der Waals surface area contributed by atoms with Crippen LogP contribution in [0, 0.1) is 34.1 Å². The second-order valence-electron chi connectivity index (χ2n) is 33.2. The highest BCUT2D eigenvalue weighted by atomic mass is 35.5. The molecule has 17 heteroatoms. The number of ketones is 7. The van der Waals surface area contributed by atoms with Crippen molar-refractivity contribution >= 4 is 75.1 Å². The zero-order valence-corrected chi connectivity index (χ0v) is 78.4. The summed E-state index contributed by atoms with van der Waals surface area (Å²) in [5.41, 5.74) is 23.2. The van der Waals surface area contributed by atoms with Crippen molar-refractivity contribution < 1.29 is 53.3 Å². The third-order valence-electron chi connectivity index (χ3n) is 22.8. The Bertz CT molecular complexity index is 7090. The van der Waals surface area contributed by atoms with E-state index in [0.29, 0.717) is 74.5 Å². The highest BCUT2D eigenvalue weighted by Gasteiger charge is 2.19. The number of amides is 1. The van der Waals surface area contributed by atoms with Crippen LogP contribution in [0.1, 0.15) is 134 Å². The molecule has 0 heterocycles. The Morgan fingerprint density at radius 2 is 0.539 bits per heavy atom. The van der Waals surface area contributed by atoms with Gasteiger partial charge in [-0.15, -0.1) is 0 Å². The lowest BCUT2D eigenvalue weighted by Gasteiger charge is -2.07. The first kappa shape index (κ1) is 100. The molecule has 0 spiro atoms. The topological polar surface area (TPSA) is 255 Å². The fourth-order valence-corrected chi connectivity index (χ4v) is 15.5. The van der Waals surface area contributed by atoms with Gasteiger partial charge in [0.2, 0.25) is 0 Å². The SMILES string of the molecule is CC(=O)c1cccc(CC(=O)c2ccc(-c3ccccc3)cc2)c1.Cc1cc(NC(=O)c2cccc([N+](=O)[O-])c2)ccc1O.Cc1cccc(CC(=O)c2ccc(-c3ccccc3)cc2)c1.O=C(Cc1cccc(C(=O)c2ccccc2)c1)c1ccc(-c2ccccc2)cc1.O=C(Cc1cccc(Cl)c1)c1ccc(-c2ccccc2)cc1.O=C(Cc1cccc([N+](=O)[O-])c1)c1ccc(-c2ccccc2)cc1. The van der Waals surface area contributed by atoms with Gasteiger partial charge in [0, 0.05) is 117 Å². The number of carbonyl (C=O) groups is 8. The van der Waals surface area contributed by atoms with Crippen molar-refractivity contribution in [3.8, 4) is 61.4 Å². The van der Waals surface area contributed by atoms with Crippen molar-refractivity contribution in [1.82, 2.24) is 0 Å². The van der Waals surface area contributed by atoms with Gasteiger partial charge in [-0.05, 0) is 158 Å². The minimum absolute atomic E-state index is 0.000254. The monoisotopic (exact) mass is 1870 g/mol. The molecule has 18 aromatic carbocycles. The molecule has 2 N–H and O–H groups in total. The van der Waals surface area contributed by atoms with Gasteiger partial charge in [-0.1, -0.05) is 411 Å². The first-order valence-corrected chi connectivity index (χ1v) is 45.9. The molecule has 694 valence electrons. The number of hydrogen-bond acceptors (Lipinski definition) is 13. The standard InChI is InChI=1S/C27H20O2.C22H18O2.C21H18O.C20H15ClO.C20H15NO3.C14H12N2O4/c28-26(23-16-14-22(15-17-23)21-9-3-1-4-10-21)19-20-8-7-13-25(18-20)27(29)24-11-5-2-6-12-24;1-16(23)21-9-5-6-17(14-21)15-22(24)20-12-10-19(11-13-20)18-7-3-2-4-8-18;1-16-6-5-7-17(14-16)15-21(22)20-12-10-19(11-13-20)18-8-3-2-4-9-18;21-19-8-4-5-15(13-19)14-20(22)18-11-9-17(10-12-18)16-6-2-1-3-7-16;22-20(14-15-5-4-8-19(13-15)21(23)24)18-11-9-17(10-12-18)16-6-2-1-3-7-16;1-9-7-11(5-6-13(9)17)15-14(18)10-3-2-4-12(8-10)16(19)20/h1-18H,19H2;2-14H,15H2,1H3;2-14H,15H2,1H3;1-13H,14H2;1-13H,14H2;2-8,17H,1H3,(H,15,18). The predicted molar refractivity (Wildman–Crippen MR) is 562 cm³/mol. The molecule has 18 rings (SSSR count). The lowest BCUT2D eigenvalue weighted by atomic mass is 9.97. The maximum Gasteiger partial charge on any atom is 0.270 e. The number of hydrogen-bond donors (Lipinski definition) is 2. The van der Waals surface area contributed by atoms with E-state index in [1.165, 1.54) is 60.5 Å². The fraction of sp³-hybridized carbons (Fsp3) is 0.0645. The molecule has 0 aliphatic heterocycles. The maximum absolute atomic E-state index is 12.7. The Labute approximate surface area is 824 Å². The molecule has 0 aromatic heterocycles. The predicted octanol–water partition coefficient (Wildman–Crippen LogP) is 29.1. The number of nitrogens with zero attached hydrogens (tertiary/aromatic N) is 2. The lowest BCUT2D eigenvalue weighted by molar-refractivity contribution is -0.385. The Morgan fingerprint density at radius 3 is 0.879 bits per heavy atom. The van der Waals surface area contributed by atoms with Gasteiger partial charge in [-0.3, -0.25) is 58.6 Å². The molecule has 16 nitrogen and oxygen atoms in total. The van der Waals surface area contributed by atoms with E-state index < -0.39 is 15.8 Å². The summed E-state index contributed by atoms with van der Waals surface area (Å²) in [5.74, 6) is -0.0489. The summed E-state index contributed by atoms with van der Waals surface area (Å²) in [4.78, 5) is 119. The zero-order valence-electron chi connectivity index (χ0n) is 77.6. The van der Waals surface area contributed by atoms with Gasteiger partial charge >= 0.3 is 0 Å². The molecule has 0 saturated carbocycles. The van der Waals surface area contributed by atoms with E-state index in [4.69, 9.17) is 11.6 Å². The largest absolute Gasteiger partial charge is 0.508 e. The number of benzene rings is 18. The first-order valence-electron chi connectivity index (χ1n) is 45.5. The maximum atomic E-state index is 12.7. The number of rotatable bonds is 27. The van der Waals surface area contributed by atoms with Crippen LogP contribution in [0.25, 0.3) is 55.6 Å². The van der Waals surface area contributed by atoms with Gasteiger partial charge in [-0.25, -0.2) is 0 Å². The fourth-order valence-electron chi connectivity index (χ4n) is 15.3. The average Bonchev–Trinajstić information content (AvgIpc) is 1.02.